The summed E-state index contributed by atoms with van der Waals surface area (Å²) in [6.45, 7) is 0. The Labute approximate surface area is 144 Å². The molecule has 0 aliphatic carbocycles. The molecule has 0 aliphatic rings. The summed E-state index contributed by atoms with van der Waals surface area (Å²) in [5, 5.41) is 13.4. The minimum absolute atomic E-state index is 0.553. The molecule has 0 spiro atoms. The third kappa shape index (κ3) is 2.88. The Kier molecular flexibility index (Phi) is 4.36. The highest BCUT2D eigenvalue weighted by Gasteiger charge is 2.17. The predicted octanol–water partition coefficient (Wildman–Crippen LogP) is 6.10. The summed E-state index contributed by atoms with van der Waals surface area (Å²) in [6, 6.07) is 17.3. The standard InChI is InChI=1S/C17H11Br2ClO/c18-10-5-8-16(20)14(9-10)17(21)13-6-7-15(19)12-4-2-1-3-11(12)13/h1-9,17,21H. The number of hydrogen-bond acceptors (Lipinski definition) is 1. The summed E-state index contributed by atoms with van der Waals surface area (Å²) in [4.78, 5) is 0. The first-order valence-electron chi connectivity index (χ1n) is 6.38. The molecular weight excluding hydrogens is 415 g/mol. The van der Waals surface area contributed by atoms with Crippen LogP contribution in [0.15, 0.2) is 63.5 Å². The monoisotopic (exact) mass is 424 g/mol. The zero-order chi connectivity index (χ0) is 15.0. The molecular formula is C17H11Br2ClO. The molecule has 3 rings (SSSR count). The largest absolute Gasteiger partial charge is 0.384 e. The van der Waals surface area contributed by atoms with Crippen LogP contribution in [-0.4, -0.2) is 5.11 Å². The molecule has 21 heavy (non-hydrogen) atoms. The lowest BCUT2D eigenvalue weighted by Crippen LogP contribution is -2.01. The molecule has 0 amide bonds. The first kappa shape index (κ1) is 15.0. The van der Waals surface area contributed by atoms with Crippen molar-refractivity contribution in [3.05, 3.63) is 79.7 Å². The van der Waals surface area contributed by atoms with E-state index in [1.807, 2.05) is 48.5 Å². The van der Waals surface area contributed by atoms with Crippen molar-refractivity contribution in [3.8, 4) is 0 Å². The zero-order valence-corrected chi connectivity index (χ0v) is 14.8. The number of halogens is 3. The predicted molar refractivity (Wildman–Crippen MR) is 94.9 cm³/mol. The van der Waals surface area contributed by atoms with Crippen molar-refractivity contribution in [2.45, 2.75) is 6.10 Å². The Morgan fingerprint density at radius 2 is 1.57 bits per heavy atom. The van der Waals surface area contributed by atoms with E-state index in [0.717, 1.165) is 25.3 Å². The van der Waals surface area contributed by atoms with Gasteiger partial charge in [-0.1, -0.05) is 73.8 Å². The molecule has 0 bridgehead atoms. The van der Waals surface area contributed by atoms with E-state index in [1.54, 1.807) is 6.07 Å². The smallest absolute Gasteiger partial charge is 0.106 e. The van der Waals surface area contributed by atoms with E-state index in [2.05, 4.69) is 31.9 Å². The van der Waals surface area contributed by atoms with Crippen LogP contribution in [0.25, 0.3) is 10.8 Å². The van der Waals surface area contributed by atoms with E-state index in [0.29, 0.717) is 10.6 Å². The summed E-state index contributed by atoms with van der Waals surface area (Å²) in [6.07, 6.45) is -0.770. The molecule has 1 atom stereocenters. The summed E-state index contributed by atoms with van der Waals surface area (Å²) < 4.78 is 1.90. The fourth-order valence-corrected chi connectivity index (χ4v) is 3.49. The molecule has 0 radical (unpaired) electrons. The Morgan fingerprint density at radius 3 is 2.33 bits per heavy atom. The highest BCUT2D eigenvalue weighted by molar-refractivity contribution is 9.11. The van der Waals surface area contributed by atoms with Gasteiger partial charge in [-0.3, -0.25) is 0 Å². The van der Waals surface area contributed by atoms with E-state index in [-0.39, 0.29) is 0 Å². The van der Waals surface area contributed by atoms with Crippen LogP contribution < -0.4 is 0 Å². The number of fused-ring (bicyclic) bond motifs is 1. The number of aliphatic hydroxyl groups is 1. The van der Waals surface area contributed by atoms with Gasteiger partial charge in [0.05, 0.1) is 0 Å². The topological polar surface area (TPSA) is 20.2 Å². The van der Waals surface area contributed by atoms with Gasteiger partial charge in [-0.25, -0.2) is 0 Å². The lowest BCUT2D eigenvalue weighted by molar-refractivity contribution is 0.222. The van der Waals surface area contributed by atoms with Gasteiger partial charge in [0.25, 0.3) is 0 Å². The van der Waals surface area contributed by atoms with E-state index < -0.39 is 6.10 Å². The summed E-state index contributed by atoms with van der Waals surface area (Å²) in [5.74, 6) is 0. The fraction of sp³-hybridized carbons (Fsp3) is 0.0588. The van der Waals surface area contributed by atoms with Gasteiger partial charge in [-0.15, -0.1) is 0 Å². The molecule has 4 heteroatoms. The van der Waals surface area contributed by atoms with Crippen molar-refractivity contribution in [1.29, 1.82) is 0 Å². The van der Waals surface area contributed by atoms with E-state index in [9.17, 15) is 5.11 Å². The molecule has 1 unspecified atom stereocenters. The quantitative estimate of drug-likeness (QED) is 0.525. The summed E-state index contributed by atoms with van der Waals surface area (Å²) >= 11 is 13.2. The molecule has 0 aromatic heterocycles. The van der Waals surface area contributed by atoms with Crippen LogP contribution in [0.3, 0.4) is 0 Å². The summed E-state index contributed by atoms with van der Waals surface area (Å²) in [5.41, 5.74) is 1.53. The minimum Gasteiger partial charge on any atom is -0.384 e. The molecule has 3 aromatic rings. The van der Waals surface area contributed by atoms with E-state index in [4.69, 9.17) is 11.6 Å². The first-order valence-corrected chi connectivity index (χ1v) is 8.34. The highest BCUT2D eigenvalue weighted by Crippen LogP contribution is 2.36. The molecule has 1 nitrogen and oxygen atoms in total. The molecule has 0 fully saturated rings. The van der Waals surface area contributed by atoms with Gasteiger partial charge in [0.1, 0.15) is 6.10 Å². The van der Waals surface area contributed by atoms with Gasteiger partial charge < -0.3 is 5.11 Å². The highest BCUT2D eigenvalue weighted by atomic mass is 79.9. The van der Waals surface area contributed by atoms with Crippen molar-refractivity contribution in [1.82, 2.24) is 0 Å². The average molecular weight is 427 g/mol. The second-order valence-electron chi connectivity index (χ2n) is 4.75. The van der Waals surface area contributed by atoms with Gasteiger partial charge in [0.15, 0.2) is 0 Å². The van der Waals surface area contributed by atoms with Crippen molar-refractivity contribution in [3.63, 3.8) is 0 Å². The van der Waals surface area contributed by atoms with Gasteiger partial charge in [-0.05, 0) is 40.6 Å². The van der Waals surface area contributed by atoms with Gasteiger partial charge in [-0.2, -0.15) is 0 Å². The average Bonchev–Trinajstić information content (AvgIpc) is 2.50. The molecule has 0 saturated carbocycles. The number of hydrogen-bond donors (Lipinski definition) is 1. The third-order valence-electron chi connectivity index (χ3n) is 3.45. The van der Waals surface area contributed by atoms with Crippen LogP contribution in [0.1, 0.15) is 17.2 Å². The Bertz CT molecular complexity index is 817. The second-order valence-corrected chi connectivity index (χ2v) is 6.93. The maximum absolute atomic E-state index is 10.8. The van der Waals surface area contributed by atoms with Crippen LogP contribution >= 0.6 is 43.5 Å². The fourth-order valence-electron chi connectivity index (χ4n) is 2.42. The minimum atomic E-state index is -0.770. The van der Waals surface area contributed by atoms with Gasteiger partial charge in [0, 0.05) is 19.5 Å². The first-order chi connectivity index (χ1) is 10.1. The van der Waals surface area contributed by atoms with Crippen molar-refractivity contribution in [2.24, 2.45) is 0 Å². The lowest BCUT2D eigenvalue weighted by atomic mass is 9.96. The molecule has 3 aromatic carbocycles. The van der Waals surface area contributed by atoms with Crippen LogP contribution in [0.5, 0.6) is 0 Å². The Balaban J connectivity index is 2.20. The molecule has 0 heterocycles. The molecule has 0 saturated heterocycles. The lowest BCUT2D eigenvalue weighted by Gasteiger charge is -2.16. The van der Waals surface area contributed by atoms with Crippen molar-refractivity contribution in [2.75, 3.05) is 0 Å². The number of benzene rings is 3. The molecule has 1 N–H and O–H groups in total. The maximum atomic E-state index is 10.8. The van der Waals surface area contributed by atoms with Gasteiger partial charge >= 0.3 is 0 Å². The van der Waals surface area contributed by atoms with Gasteiger partial charge in [0.2, 0.25) is 0 Å². The maximum Gasteiger partial charge on any atom is 0.106 e. The van der Waals surface area contributed by atoms with E-state index in [1.165, 1.54) is 0 Å². The second kappa shape index (κ2) is 6.09. The number of rotatable bonds is 2. The van der Waals surface area contributed by atoms with Crippen LogP contribution in [0.2, 0.25) is 5.02 Å². The molecule has 0 aliphatic heterocycles. The Hall–Kier alpha value is -0.870. The van der Waals surface area contributed by atoms with Crippen LogP contribution in [-0.2, 0) is 0 Å². The molecule has 106 valence electrons. The Morgan fingerprint density at radius 1 is 0.857 bits per heavy atom. The zero-order valence-electron chi connectivity index (χ0n) is 10.9. The summed E-state index contributed by atoms with van der Waals surface area (Å²) in [7, 11) is 0. The number of aliphatic hydroxyl groups excluding tert-OH is 1. The SMILES string of the molecule is OC(c1cc(Br)ccc1Cl)c1ccc(Br)c2ccccc12. The van der Waals surface area contributed by atoms with Crippen molar-refractivity contribution < 1.29 is 5.11 Å². The van der Waals surface area contributed by atoms with E-state index >= 15 is 0 Å². The third-order valence-corrected chi connectivity index (χ3v) is 4.98. The normalized spacial score (nSPS) is 12.6. The van der Waals surface area contributed by atoms with Crippen molar-refractivity contribution >= 4 is 54.2 Å². The van der Waals surface area contributed by atoms with Crippen LogP contribution in [0.4, 0.5) is 0 Å². The van der Waals surface area contributed by atoms with Crippen LogP contribution in [0, 0.1) is 0 Å².